The zero-order valence-electron chi connectivity index (χ0n) is 32.2. The van der Waals surface area contributed by atoms with Gasteiger partial charge in [0, 0.05) is 59.3 Å². The highest BCUT2D eigenvalue weighted by Crippen LogP contribution is 2.68. The molecule has 2 saturated heterocycles. The number of allylic oxidation sites excluding steroid dienone is 3. The molecule has 3 unspecified atom stereocenters. The van der Waals surface area contributed by atoms with Crippen LogP contribution in [0.25, 0.3) is 10.9 Å². The van der Waals surface area contributed by atoms with Gasteiger partial charge in [-0.2, -0.15) is 0 Å². The SMILES string of the molecule is CC=C1/C(=C\C[C@@]2(C(=O)OC)C[C@H](C)CC(O)(CC)CNCCc3c2[nH]c2ccccc32)[C@]23CCN4CC=C[C@](CC)(C42)[C@@H](O)[C@](O)(C(N)=O)C3N1C. The number of likely N-dealkylation sites (N-methyl/N-ethyl adjacent to an activating group) is 1. The fourth-order valence-electron chi connectivity index (χ4n) is 12.1. The topological polar surface area (TPSA) is 164 Å². The van der Waals surface area contributed by atoms with Crippen LogP contribution < -0.4 is 11.1 Å². The number of nitrogens with two attached hydrogens (primary N) is 1. The molecule has 1 saturated carbocycles. The minimum atomic E-state index is -2.26. The molecule has 11 nitrogen and oxygen atoms in total. The lowest BCUT2D eigenvalue weighted by molar-refractivity contribution is -0.220. The van der Waals surface area contributed by atoms with Crippen LogP contribution in [0.4, 0.5) is 0 Å². The maximum atomic E-state index is 14.7. The Labute approximate surface area is 313 Å². The summed E-state index contributed by atoms with van der Waals surface area (Å²) in [5.41, 5.74) is 4.66. The van der Waals surface area contributed by atoms with E-state index in [4.69, 9.17) is 10.5 Å². The molecular formula is C42H59N5O6. The number of ether oxygens (including phenoxy) is 1. The number of esters is 1. The number of hydrogen-bond donors (Lipinski definition) is 6. The van der Waals surface area contributed by atoms with Gasteiger partial charge in [0.05, 0.1) is 18.8 Å². The number of carbonyl (C=O) groups is 2. The van der Waals surface area contributed by atoms with Crippen LogP contribution in [0.1, 0.15) is 77.5 Å². The number of nitrogens with one attached hydrogen (secondary N) is 2. The number of aromatic amines is 1. The van der Waals surface area contributed by atoms with Crippen molar-refractivity contribution >= 4 is 22.8 Å². The van der Waals surface area contributed by atoms with Crippen LogP contribution in [-0.4, -0.2) is 112 Å². The fourth-order valence-corrected chi connectivity index (χ4v) is 12.1. The van der Waals surface area contributed by atoms with Gasteiger partial charge in [0.15, 0.2) is 5.60 Å². The third kappa shape index (κ3) is 5.17. The first-order chi connectivity index (χ1) is 25.2. The summed E-state index contributed by atoms with van der Waals surface area (Å²) in [5.74, 6) is -1.37. The Hall–Kier alpha value is -3.48. The van der Waals surface area contributed by atoms with Gasteiger partial charge in [-0.3, -0.25) is 14.5 Å². The molecule has 1 aromatic carbocycles. The number of fused-ring (bicyclic) bond motifs is 3. The predicted molar refractivity (Wildman–Crippen MR) is 205 cm³/mol. The summed E-state index contributed by atoms with van der Waals surface area (Å²) in [6.07, 6.45) is 10.4. The Balaban J connectivity index is 1.48. The maximum Gasteiger partial charge on any atom is 0.318 e. The van der Waals surface area contributed by atoms with Crippen LogP contribution in [0.15, 0.2) is 59.8 Å². The maximum absolute atomic E-state index is 14.7. The van der Waals surface area contributed by atoms with Crippen LogP contribution in [0.5, 0.6) is 0 Å². The summed E-state index contributed by atoms with van der Waals surface area (Å²) in [6.45, 7) is 10.6. The van der Waals surface area contributed by atoms with Crippen molar-refractivity contribution in [1.82, 2.24) is 20.1 Å². The van der Waals surface area contributed by atoms with Gasteiger partial charge < -0.3 is 41.0 Å². The Morgan fingerprint density at radius 2 is 1.89 bits per heavy atom. The lowest BCUT2D eigenvalue weighted by Gasteiger charge is -2.63. The quantitative estimate of drug-likeness (QED) is 0.193. The van der Waals surface area contributed by atoms with Gasteiger partial charge in [0.25, 0.3) is 5.91 Å². The smallest absolute Gasteiger partial charge is 0.318 e. The summed E-state index contributed by atoms with van der Waals surface area (Å²) in [6, 6.07) is 7.08. The molecule has 5 heterocycles. The van der Waals surface area contributed by atoms with E-state index in [0.29, 0.717) is 64.7 Å². The number of aliphatic hydroxyl groups excluding tert-OH is 1. The van der Waals surface area contributed by atoms with E-state index in [1.54, 1.807) is 0 Å². The summed E-state index contributed by atoms with van der Waals surface area (Å²) < 4.78 is 5.78. The lowest BCUT2D eigenvalue weighted by Crippen LogP contribution is -2.79. The van der Waals surface area contributed by atoms with Crippen LogP contribution in [0, 0.1) is 16.7 Å². The number of likely N-dealkylation sites (tertiary alicyclic amines) is 1. The second-order valence-electron chi connectivity index (χ2n) is 16.8. The number of H-pyrrole nitrogens is 1. The molecule has 2 aromatic rings. The van der Waals surface area contributed by atoms with Crippen LogP contribution in [0.2, 0.25) is 0 Å². The Bertz CT molecular complexity index is 1870. The van der Waals surface area contributed by atoms with E-state index in [0.717, 1.165) is 33.4 Å². The van der Waals surface area contributed by atoms with E-state index in [-0.39, 0.29) is 24.3 Å². The van der Waals surface area contributed by atoms with Gasteiger partial charge in [0.1, 0.15) is 11.5 Å². The molecule has 1 spiro atoms. The minimum Gasteiger partial charge on any atom is -0.468 e. The summed E-state index contributed by atoms with van der Waals surface area (Å²) in [7, 11) is 3.33. The van der Waals surface area contributed by atoms with E-state index in [2.05, 4.69) is 34.3 Å². The molecule has 1 amide bonds. The first kappa shape index (κ1) is 37.8. The number of primary amides is 1. The number of nitrogens with zero attached hydrogens (tertiary/aromatic N) is 2. The van der Waals surface area contributed by atoms with Gasteiger partial charge in [-0.05, 0) is 88.1 Å². The van der Waals surface area contributed by atoms with Crippen molar-refractivity contribution in [3.05, 3.63) is 71.1 Å². The number of aliphatic hydroxyl groups is 3. The molecule has 53 heavy (non-hydrogen) atoms. The van der Waals surface area contributed by atoms with Crippen molar-refractivity contribution in [2.24, 2.45) is 22.5 Å². The number of hydrogen-bond acceptors (Lipinski definition) is 9. The third-order valence-corrected chi connectivity index (χ3v) is 14.2. The number of β-amino-alcohol motifs (C(OH)–C–C–N with tert-alkyl or cyclic N) is 1. The van der Waals surface area contributed by atoms with Crippen LogP contribution in [-0.2, 0) is 26.2 Å². The molecule has 9 atom stereocenters. The van der Waals surface area contributed by atoms with Crippen LogP contribution >= 0.6 is 0 Å². The number of amides is 1. The normalized spacial score (nSPS) is 40.2. The molecule has 1 aromatic heterocycles. The molecule has 4 aliphatic heterocycles. The van der Waals surface area contributed by atoms with Crippen molar-refractivity contribution in [3.63, 3.8) is 0 Å². The predicted octanol–water partition coefficient (Wildman–Crippen LogP) is 3.43. The van der Waals surface area contributed by atoms with Crippen molar-refractivity contribution < 1.29 is 29.6 Å². The molecule has 7 rings (SSSR count). The van der Waals surface area contributed by atoms with E-state index in [9.17, 15) is 24.9 Å². The molecule has 11 heteroatoms. The highest BCUT2D eigenvalue weighted by molar-refractivity contribution is 5.91. The van der Waals surface area contributed by atoms with Crippen molar-refractivity contribution in [2.45, 2.75) is 107 Å². The van der Waals surface area contributed by atoms with Crippen molar-refractivity contribution in [2.75, 3.05) is 40.3 Å². The molecule has 1 aliphatic carbocycles. The number of para-hydroxylation sites is 1. The van der Waals surface area contributed by atoms with Gasteiger partial charge in [-0.25, -0.2) is 0 Å². The highest BCUT2D eigenvalue weighted by atomic mass is 16.5. The molecule has 288 valence electrons. The third-order valence-electron chi connectivity index (χ3n) is 14.2. The molecule has 5 aliphatic rings. The van der Waals surface area contributed by atoms with Crippen molar-refractivity contribution in [3.8, 4) is 0 Å². The fraction of sp³-hybridized carbons (Fsp3) is 0.619. The first-order valence-electron chi connectivity index (χ1n) is 19.6. The molecule has 3 fully saturated rings. The number of rotatable bonds is 6. The van der Waals surface area contributed by atoms with Gasteiger partial charge >= 0.3 is 5.97 Å². The van der Waals surface area contributed by atoms with Gasteiger partial charge in [-0.1, -0.05) is 63.3 Å². The number of aromatic nitrogens is 1. The first-order valence-corrected chi connectivity index (χ1v) is 19.6. The standard InChI is InChI=1S/C42H59N5O6/c1-7-31-29(41-19-22-47-21-12-17-39(9-3,33(41)47)35(48)42(52,36(43)49)34(41)46(31)5)15-18-40(37(50)53-6)24-26(4)23-38(51,8-2)25-44-20-16-28-27-13-10-11-14-30(27)45-32(28)40/h7,10-15,17,26,33-35,44-45,48,51-52H,8-9,16,18-25H2,1-6H3,(H2,43,49)/b29-15+,31-7?/t26-,33?,34?,35-,38?,39-,40-,41-,42+/m1/s1. The summed E-state index contributed by atoms with van der Waals surface area (Å²) >= 11 is 0. The lowest BCUT2D eigenvalue weighted by atomic mass is 9.47. The molecular weight excluding hydrogens is 670 g/mol. The largest absolute Gasteiger partial charge is 0.468 e. The Kier molecular flexibility index (Phi) is 9.54. The highest BCUT2D eigenvalue weighted by Gasteiger charge is 2.79. The van der Waals surface area contributed by atoms with E-state index in [1.165, 1.54) is 7.11 Å². The van der Waals surface area contributed by atoms with E-state index in [1.807, 2.05) is 69.1 Å². The summed E-state index contributed by atoms with van der Waals surface area (Å²) in [4.78, 5) is 36.4. The average molecular weight is 730 g/mol. The number of carbonyl (C=O) groups excluding carboxylic acids is 2. The van der Waals surface area contributed by atoms with Crippen molar-refractivity contribution in [1.29, 1.82) is 0 Å². The molecule has 0 bridgehead atoms. The second kappa shape index (κ2) is 13.4. The van der Waals surface area contributed by atoms with E-state index >= 15 is 0 Å². The number of benzene rings is 1. The van der Waals surface area contributed by atoms with Gasteiger partial charge in [-0.15, -0.1) is 0 Å². The van der Waals surface area contributed by atoms with Gasteiger partial charge in [0.2, 0.25) is 0 Å². The Morgan fingerprint density at radius 1 is 1.13 bits per heavy atom. The second-order valence-corrected chi connectivity index (χ2v) is 16.8. The monoisotopic (exact) mass is 729 g/mol. The average Bonchev–Trinajstić information content (AvgIpc) is 3.79. The molecule has 0 radical (unpaired) electrons. The number of methoxy groups -OCH3 is 1. The Morgan fingerprint density at radius 3 is 2.57 bits per heavy atom. The minimum absolute atomic E-state index is 0.0714. The van der Waals surface area contributed by atoms with Crippen LogP contribution in [0.3, 0.4) is 0 Å². The zero-order valence-corrected chi connectivity index (χ0v) is 32.2. The zero-order chi connectivity index (χ0) is 38.1. The molecule has 7 N–H and O–H groups in total. The summed E-state index contributed by atoms with van der Waals surface area (Å²) in [5, 5.41) is 41.1. The van der Waals surface area contributed by atoms with E-state index < -0.39 is 45.5 Å².